The van der Waals surface area contributed by atoms with E-state index in [0.29, 0.717) is 4.31 Å². The zero-order valence-corrected chi connectivity index (χ0v) is 14.7. The van der Waals surface area contributed by atoms with Gasteiger partial charge in [-0.3, -0.25) is 0 Å². The van der Waals surface area contributed by atoms with Gasteiger partial charge in [0.05, 0.1) is 31.0 Å². The molecule has 0 aromatic heterocycles. The van der Waals surface area contributed by atoms with Crippen LogP contribution in [-0.4, -0.2) is 34.6 Å². The molecule has 0 fully saturated rings. The molecule has 2 rings (SSSR count). The third-order valence-corrected chi connectivity index (χ3v) is 5.11. The van der Waals surface area contributed by atoms with Crippen LogP contribution in [0.2, 0.25) is 0 Å². The first kappa shape index (κ1) is 19.0. The summed E-state index contributed by atoms with van der Waals surface area (Å²) in [5.41, 5.74) is 0.00255. The number of carbonyl (C=O) groups excluding carboxylic acids is 2. The molecular weight excluding hydrogens is 360 g/mol. The van der Waals surface area contributed by atoms with Crippen LogP contribution in [0.25, 0.3) is 0 Å². The number of methoxy groups -OCH3 is 2. The summed E-state index contributed by atoms with van der Waals surface area (Å²) in [6.45, 7) is 0. The quantitative estimate of drug-likeness (QED) is 0.446. The fraction of sp³-hybridized carbons (Fsp3) is 0.118. The van der Waals surface area contributed by atoms with Gasteiger partial charge in [0, 0.05) is 0 Å². The van der Waals surface area contributed by atoms with Crippen LogP contribution >= 0.6 is 0 Å². The summed E-state index contributed by atoms with van der Waals surface area (Å²) in [7, 11) is -2.03. The predicted octanol–water partition coefficient (Wildman–Crippen LogP) is 1.94. The van der Waals surface area contributed by atoms with E-state index in [0.717, 1.165) is 7.11 Å². The predicted molar refractivity (Wildman–Crippen MR) is 90.8 cm³/mol. The summed E-state index contributed by atoms with van der Waals surface area (Å²) in [4.78, 5) is 22.9. The summed E-state index contributed by atoms with van der Waals surface area (Å²) in [5.74, 6) is -1.44. The Balaban J connectivity index is 2.52. The van der Waals surface area contributed by atoms with Crippen molar-refractivity contribution in [1.82, 2.24) is 0 Å². The number of hydrogen-bond acceptors (Lipinski definition) is 7. The standard InChI is InChI=1S/C17H14N2O6S/c1-24-16(20)12-7-9-13(10-8-12)19(11-18)26(22,23)15-6-4-3-5-14(15)17(21)25-2/h3-10H,1-2H3. The van der Waals surface area contributed by atoms with Gasteiger partial charge in [0.2, 0.25) is 0 Å². The van der Waals surface area contributed by atoms with Gasteiger partial charge in [0.1, 0.15) is 4.90 Å². The number of nitriles is 1. The van der Waals surface area contributed by atoms with E-state index >= 15 is 0 Å². The Hall–Kier alpha value is -3.38. The monoisotopic (exact) mass is 374 g/mol. The van der Waals surface area contributed by atoms with E-state index < -0.39 is 22.0 Å². The minimum atomic E-state index is -4.37. The molecular formula is C17H14N2O6S. The molecule has 0 spiro atoms. The van der Waals surface area contributed by atoms with Crippen LogP contribution in [-0.2, 0) is 19.5 Å². The van der Waals surface area contributed by atoms with Gasteiger partial charge in [0.25, 0.3) is 10.0 Å². The van der Waals surface area contributed by atoms with Gasteiger partial charge in [-0.05, 0) is 36.4 Å². The number of anilines is 1. The third-order valence-electron chi connectivity index (χ3n) is 3.42. The van der Waals surface area contributed by atoms with Crippen LogP contribution in [0.1, 0.15) is 20.7 Å². The number of carbonyl (C=O) groups is 2. The lowest BCUT2D eigenvalue weighted by Gasteiger charge is -2.17. The molecule has 0 saturated heterocycles. The van der Waals surface area contributed by atoms with E-state index in [1.165, 1.54) is 55.6 Å². The van der Waals surface area contributed by atoms with Crippen molar-refractivity contribution in [2.75, 3.05) is 18.5 Å². The third kappa shape index (κ3) is 3.50. The summed E-state index contributed by atoms with van der Waals surface area (Å²) >= 11 is 0. The maximum Gasteiger partial charge on any atom is 0.339 e. The molecule has 0 atom stereocenters. The SMILES string of the molecule is COC(=O)c1ccc(N(C#N)S(=O)(=O)c2ccccc2C(=O)OC)cc1. The van der Waals surface area contributed by atoms with Crippen molar-refractivity contribution >= 4 is 27.6 Å². The molecule has 0 aliphatic rings. The average Bonchev–Trinajstić information content (AvgIpc) is 2.67. The molecule has 0 unspecified atom stereocenters. The first-order valence-corrected chi connectivity index (χ1v) is 8.61. The number of esters is 2. The molecule has 9 heteroatoms. The molecule has 0 amide bonds. The van der Waals surface area contributed by atoms with Gasteiger partial charge >= 0.3 is 11.9 Å². The van der Waals surface area contributed by atoms with Crippen LogP contribution in [0.15, 0.2) is 53.4 Å². The van der Waals surface area contributed by atoms with Gasteiger partial charge in [0.15, 0.2) is 6.19 Å². The lowest BCUT2D eigenvalue weighted by atomic mass is 10.2. The Morgan fingerprint density at radius 1 is 0.962 bits per heavy atom. The lowest BCUT2D eigenvalue weighted by molar-refractivity contribution is 0.0589. The Bertz CT molecular complexity index is 977. The van der Waals surface area contributed by atoms with Crippen LogP contribution in [0.3, 0.4) is 0 Å². The van der Waals surface area contributed by atoms with Crippen LogP contribution in [0, 0.1) is 11.5 Å². The number of sulfonamides is 1. The van der Waals surface area contributed by atoms with Crippen molar-refractivity contribution in [3.8, 4) is 6.19 Å². The van der Waals surface area contributed by atoms with Crippen LogP contribution in [0.4, 0.5) is 5.69 Å². The zero-order valence-electron chi connectivity index (χ0n) is 13.9. The second kappa shape index (κ2) is 7.67. The molecule has 26 heavy (non-hydrogen) atoms. The molecule has 2 aromatic carbocycles. The van der Waals surface area contributed by atoms with Crippen molar-refractivity contribution in [3.63, 3.8) is 0 Å². The van der Waals surface area contributed by atoms with E-state index in [1.54, 1.807) is 6.19 Å². The summed E-state index contributed by atoms with van der Waals surface area (Å²) in [6, 6.07) is 10.6. The Morgan fingerprint density at radius 3 is 2.08 bits per heavy atom. The van der Waals surface area contributed by atoms with Crippen LogP contribution in [0.5, 0.6) is 0 Å². The molecule has 0 aliphatic heterocycles. The van der Waals surface area contributed by atoms with Crippen molar-refractivity contribution in [2.45, 2.75) is 4.90 Å². The molecule has 0 aliphatic carbocycles. The van der Waals surface area contributed by atoms with Gasteiger partial charge in [-0.2, -0.15) is 18.0 Å². The minimum Gasteiger partial charge on any atom is -0.465 e. The Kier molecular flexibility index (Phi) is 5.59. The largest absolute Gasteiger partial charge is 0.465 e. The van der Waals surface area contributed by atoms with Gasteiger partial charge in [-0.25, -0.2) is 9.59 Å². The maximum absolute atomic E-state index is 12.9. The Labute approximate surface area is 150 Å². The molecule has 0 N–H and O–H groups in total. The normalized spacial score (nSPS) is 10.5. The van der Waals surface area contributed by atoms with Gasteiger partial charge < -0.3 is 9.47 Å². The van der Waals surface area contributed by atoms with E-state index in [-0.39, 0.29) is 21.7 Å². The molecule has 8 nitrogen and oxygen atoms in total. The molecule has 2 aromatic rings. The van der Waals surface area contributed by atoms with Gasteiger partial charge in [-0.15, -0.1) is 0 Å². The van der Waals surface area contributed by atoms with E-state index in [9.17, 15) is 23.3 Å². The van der Waals surface area contributed by atoms with E-state index in [2.05, 4.69) is 9.47 Å². The van der Waals surface area contributed by atoms with Crippen molar-refractivity contribution < 1.29 is 27.5 Å². The first-order chi connectivity index (χ1) is 12.4. The molecule has 0 radical (unpaired) electrons. The molecule has 0 saturated carbocycles. The number of rotatable bonds is 5. The topological polar surface area (TPSA) is 114 Å². The molecule has 134 valence electrons. The van der Waals surface area contributed by atoms with Crippen molar-refractivity contribution in [1.29, 1.82) is 5.26 Å². The van der Waals surface area contributed by atoms with Gasteiger partial charge in [-0.1, -0.05) is 12.1 Å². The fourth-order valence-electron chi connectivity index (χ4n) is 2.17. The zero-order chi connectivity index (χ0) is 19.3. The van der Waals surface area contributed by atoms with Crippen molar-refractivity contribution in [3.05, 3.63) is 59.7 Å². The number of hydrogen-bond donors (Lipinski definition) is 0. The second-order valence-electron chi connectivity index (χ2n) is 4.90. The first-order valence-electron chi connectivity index (χ1n) is 7.17. The van der Waals surface area contributed by atoms with E-state index in [4.69, 9.17) is 0 Å². The average molecular weight is 374 g/mol. The van der Waals surface area contributed by atoms with Crippen LogP contribution < -0.4 is 4.31 Å². The summed E-state index contributed by atoms with van der Waals surface area (Å²) in [6.07, 6.45) is 1.58. The number of nitrogens with zero attached hydrogens (tertiary/aromatic N) is 2. The lowest BCUT2D eigenvalue weighted by Crippen LogP contribution is -2.27. The van der Waals surface area contributed by atoms with E-state index in [1.807, 2.05) is 0 Å². The highest BCUT2D eigenvalue weighted by molar-refractivity contribution is 7.93. The number of ether oxygens (including phenoxy) is 2. The smallest absolute Gasteiger partial charge is 0.339 e. The number of benzene rings is 2. The highest BCUT2D eigenvalue weighted by Crippen LogP contribution is 2.26. The molecule has 0 bridgehead atoms. The highest BCUT2D eigenvalue weighted by Gasteiger charge is 2.30. The minimum absolute atomic E-state index is 0.000165. The summed E-state index contributed by atoms with van der Waals surface area (Å²) in [5, 5.41) is 9.38. The Morgan fingerprint density at radius 2 is 1.54 bits per heavy atom. The molecule has 0 heterocycles. The highest BCUT2D eigenvalue weighted by atomic mass is 32.2. The second-order valence-corrected chi connectivity index (χ2v) is 6.65. The maximum atomic E-state index is 12.9. The van der Waals surface area contributed by atoms with Crippen molar-refractivity contribution in [2.24, 2.45) is 0 Å². The fourth-order valence-corrected chi connectivity index (χ4v) is 3.55. The summed E-state index contributed by atoms with van der Waals surface area (Å²) < 4.78 is 35.4.